The lowest BCUT2D eigenvalue weighted by atomic mass is 10.5. The molecule has 0 atom stereocenters. The Balaban J connectivity index is 3.58. The first-order valence-corrected chi connectivity index (χ1v) is 10.3. The summed E-state index contributed by atoms with van der Waals surface area (Å²) in [5.41, 5.74) is 0. The van der Waals surface area contributed by atoms with Gasteiger partial charge in [0.15, 0.2) is 0 Å². The van der Waals surface area contributed by atoms with Gasteiger partial charge in [0.05, 0.1) is 5.97 Å². The van der Waals surface area contributed by atoms with E-state index in [0.29, 0.717) is 6.10 Å². The summed E-state index contributed by atoms with van der Waals surface area (Å²) in [6, 6.07) is 0. The van der Waals surface area contributed by atoms with Crippen molar-refractivity contribution in [1.29, 1.82) is 0 Å². The van der Waals surface area contributed by atoms with Crippen molar-refractivity contribution < 1.29 is 4.43 Å². The molecule has 0 radical (unpaired) electrons. The van der Waals surface area contributed by atoms with Crippen molar-refractivity contribution in [1.82, 2.24) is 0 Å². The molecule has 0 aromatic rings. The summed E-state index contributed by atoms with van der Waals surface area (Å²) in [5, 5.41) is 2.34. The fourth-order valence-corrected chi connectivity index (χ4v) is 3.66. The maximum atomic E-state index is 5.79. The standard InChI is InChI=1S/C5H13OSi.CH3.Mg/c1-5(2)6-7(3)4;;/h5H,1-4H3;1H3;. The van der Waals surface area contributed by atoms with Crippen LogP contribution in [0.3, 0.4) is 0 Å². The van der Waals surface area contributed by atoms with Gasteiger partial charge in [-0.1, -0.05) is 13.1 Å². The zero-order valence-electron chi connectivity index (χ0n) is 7.19. The summed E-state index contributed by atoms with van der Waals surface area (Å²) in [6.45, 7) is 8.88. The van der Waals surface area contributed by atoms with Crippen LogP contribution in [0.5, 0.6) is 0 Å². The van der Waals surface area contributed by atoms with Crippen molar-refractivity contribution in [3.8, 4) is 0 Å². The topological polar surface area (TPSA) is 9.23 Å². The van der Waals surface area contributed by atoms with Crippen molar-refractivity contribution in [2.45, 2.75) is 38.1 Å². The lowest BCUT2D eigenvalue weighted by Gasteiger charge is -2.25. The normalized spacial score (nSPS) is 11.8. The van der Waals surface area contributed by atoms with E-state index >= 15 is 0 Å². The summed E-state index contributed by atoms with van der Waals surface area (Å²) in [5.74, 6) is -1.10. The highest BCUT2D eigenvalue weighted by Crippen LogP contribution is 2.04. The van der Waals surface area contributed by atoms with E-state index in [-0.39, 0.29) is 19.6 Å². The van der Waals surface area contributed by atoms with Crippen LogP contribution < -0.4 is 0 Å². The largest absolute Gasteiger partial charge is 0.442 e. The van der Waals surface area contributed by atoms with Crippen LogP contribution in [0.4, 0.5) is 0 Å². The summed E-state index contributed by atoms with van der Waals surface area (Å²) >= 11 is 0.116. The van der Waals surface area contributed by atoms with E-state index in [1.807, 2.05) is 0 Å². The first-order chi connectivity index (χ1) is 3.98. The Morgan fingerprint density at radius 1 is 1.33 bits per heavy atom. The minimum absolute atomic E-state index is 0.116. The van der Waals surface area contributed by atoms with Crippen LogP contribution >= 0.6 is 0 Å². The molecule has 0 fully saturated rings. The third-order valence-electron chi connectivity index (χ3n) is 1.41. The zero-order valence-corrected chi connectivity index (χ0v) is 9.61. The summed E-state index contributed by atoms with van der Waals surface area (Å²) in [4.78, 5) is 0. The predicted octanol–water partition coefficient (Wildman–Crippen LogP) is 1.87. The fourth-order valence-electron chi connectivity index (χ4n) is 0.721. The Bertz CT molecular complexity index is 83.1. The molecule has 0 aliphatic carbocycles. The molecule has 52 valence electrons. The third kappa shape index (κ3) is 5.39. The van der Waals surface area contributed by atoms with Gasteiger partial charge in [-0.15, -0.1) is 0 Å². The number of hydrogen-bond donors (Lipinski definition) is 0. The van der Waals surface area contributed by atoms with Gasteiger partial charge in [-0.2, -0.15) is 5.05 Å². The van der Waals surface area contributed by atoms with Crippen molar-refractivity contribution in [3.05, 3.63) is 0 Å². The molecule has 0 N–H and O–H groups in total. The lowest BCUT2D eigenvalue weighted by molar-refractivity contribution is 0.242. The van der Waals surface area contributed by atoms with Gasteiger partial charge < -0.3 is 4.43 Å². The molecule has 0 spiro atoms. The smallest absolute Gasteiger partial charge is 0.400 e. The van der Waals surface area contributed by atoms with Crippen molar-refractivity contribution in [3.63, 3.8) is 0 Å². The highest BCUT2D eigenvalue weighted by atomic mass is 28.5. The van der Waals surface area contributed by atoms with Crippen molar-refractivity contribution >= 4 is 25.6 Å². The molecule has 0 heterocycles. The minimum atomic E-state index is -1.10. The van der Waals surface area contributed by atoms with E-state index in [1.54, 1.807) is 0 Å². The van der Waals surface area contributed by atoms with Crippen LogP contribution in [-0.4, -0.2) is 31.7 Å². The number of hydrogen-bond acceptors (Lipinski definition) is 1. The van der Waals surface area contributed by atoms with E-state index in [9.17, 15) is 0 Å². The molecule has 0 rings (SSSR count). The second-order valence-corrected chi connectivity index (χ2v) is 15.0. The summed E-state index contributed by atoms with van der Waals surface area (Å²) in [7, 11) is 0. The van der Waals surface area contributed by atoms with Crippen LogP contribution in [0, 0.1) is 0 Å². The first kappa shape index (κ1) is 9.94. The SMILES string of the molecule is [CH3][Mg][Si](C)(C)OC(C)C. The summed E-state index contributed by atoms with van der Waals surface area (Å²) < 4.78 is 5.79. The van der Waals surface area contributed by atoms with Gasteiger partial charge in [0.2, 0.25) is 0 Å². The van der Waals surface area contributed by atoms with Gasteiger partial charge in [-0.25, -0.2) is 0 Å². The third-order valence-corrected chi connectivity index (χ3v) is 9.83. The minimum Gasteiger partial charge on any atom is -0.442 e. The maximum absolute atomic E-state index is 5.79. The van der Waals surface area contributed by atoms with Crippen LogP contribution in [-0.2, 0) is 4.43 Å². The first-order valence-electron chi connectivity index (χ1n) is 3.66. The molecule has 1 nitrogen and oxygen atoms in total. The molecule has 0 aromatic carbocycles. The van der Waals surface area contributed by atoms with Gasteiger partial charge in [0.1, 0.15) is 0 Å². The van der Waals surface area contributed by atoms with Crippen LogP contribution in [0.15, 0.2) is 0 Å². The molecule has 0 saturated heterocycles. The highest BCUT2D eigenvalue weighted by molar-refractivity contribution is 7.19. The Morgan fingerprint density at radius 2 is 1.78 bits per heavy atom. The maximum Gasteiger partial charge on any atom is 0.400 e. The average Bonchev–Trinajstić information content (AvgIpc) is 1.63. The molecule has 0 amide bonds. The lowest BCUT2D eigenvalue weighted by Crippen LogP contribution is -2.39. The van der Waals surface area contributed by atoms with E-state index < -0.39 is 5.97 Å². The molecule has 0 aliphatic rings. The van der Waals surface area contributed by atoms with Gasteiger partial charge in [-0.3, -0.25) is 0 Å². The van der Waals surface area contributed by atoms with Gasteiger partial charge >= 0.3 is 19.6 Å². The zero-order chi connectivity index (χ0) is 7.49. The summed E-state index contributed by atoms with van der Waals surface area (Å²) in [6.07, 6.45) is 0.444. The molecule has 0 unspecified atom stereocenters. The van der Waals surface area contributed by atoms with Crippen LogP contribution in [0.25, 0.3) is 0 Å². The second kappa shape index (κ2) is 3.96. The Labute approximate surface area is 68.1 Å². The predicted molar refractivity (Wildman–Crippen MR) is 45.3 cm³/mol. The molecule has 0 saturated carbocycles. The van der Waals surface area contributed by atoms with Gasteiger partial charge in [0.25, 0.3) is 0 Å². The van der Waals surface area contributed by atoms with Gasteiger partial charge in [0, 0.05) is 6.10 Å². The monoisotopic (exact) mass is 156 g/mol. The van der Waals surface area contributed by atoms with E-state index in [0.717, 1.165) is 0 Å². The van der Waals surface area contributed by atoms with E-state index in [4.69, 9.17) is 4.43 Å². The molecule has 0 aromatic heterocycles. The second-order valence-electron chi connectivity index (χ2n) is 3.28. The molecular formula is C6H16MgOSi. The molecule has 3 heteroatoms. The molecule has 0 aliphatic heterocycles. The Morgan fingerprint density at radius 3 is 1.89 bits per heavy atom. The average molecular weight is 157 g/mol. The fraction of sp³-hybridized carbons (Fsp3) is 1.00. The Hall–Kier alpha value is 0.943. The number of rotatable bonds is 3. The van der Waals surface area contributed by atoms with Crippen LogP contribution in [0.2, 0.25) is 18.1 Å². The van der Waals surface area contributed by atoms with Crippen LogP contribution in [0.1, 0.15) is 13.8 Å². The Kier molecular flexibility index (Phi) is 4.37. The highest BCUT2D eigenvalue weighted by Gasteiger charge is 2.21. The quantitative estimate of drug-likeness (QED) is 0.567. The molecule has 9 heavy (non-hydrogen) atoms. The van der Waals surface area contributed by atoms with E-state index in [2.05, 4.69) is 32.0 Å². The molecular weight excluding hydrogens is 140 g/mol. The van der Waals surface area contributed by atoms with Crippen molar-refractivity contribution in [2.75, 3.05) is 0 Å². The van der Waals surface area contributed by atoms with Gasteiger partial charge in [-0.05, 0) is 13.8 Å². The van der Waals surface area contributed by atoms with Crippen molar-refractivity contribution in [2.24, 2.45) is 0 Å². The molecule has 0 bridgehead atoms. The van der Waals surface area contributed by atoms with E-state index in [1.165, 1.54) is 0 Å².